The molecule has 0 atom stereocenters. The zero-order valence-corrected chi connectivity index (χ0v) is 13.7. The normalized spacial score (nSPS) is 11.4. The molecule has 21 heavy (non-hydrogen) atoms. The summed E-state index contributed by atoms with van der Waals surface area (Å²) in [7, 11) is -4.05. The largest absolute Gasteiger partial charge is 0.477 e. The summed E-state index contributed by atoms with van der Waals surface area (Å²) < 4.78 is 27.0. The van der Waals surface area contributed by atoms with Crippen LogP contribution in [0, 0.1) is 6.92 Å². The summed E-state index contributed by atoms with van der Waals surface area (Å²) in [6.07, 6.45) is 0. The molecule has 1 heterocycles. The van der Waals surface area contributed by atoms with E-state index in [1.807, 2.05) is 0 Å². The lowest BCUT2D eigenvalue weighted by Gasteiger charge is -2.09. The Kier molecular flexibility index (Phi) is 4.48. The molecule has 0 spiro atoms. The van der Waals surface area contributed by atoms with Gasteiger partial charge in [-0.25, -0.2) is 13.2 Å². The minimum atomic E-state index is -4.05. The standard InChI is InChI=1S/C12H9Cl2NO4S2/c1-6-5-20-10(12(16)17)11(6)21(18,19)15-9-3-7(13)2-8(14)4-9/h2-5,15H,1H3,(H,16,17). The molecule has 0 saturated heterocycles. The molecule has 2 aromatic rings. The summed E-state index contributed by atoms with van der Waals surface area (Å²) in [6.45, 7) is 1.53. The molecule has 2 N–H and O–H groups in total. The Morgan fingerprint density at radius 1 is 1.24 bits per heavy atom. The number of aryl methyl sites for hydroxylation is 1. The highest BCUT2D eigenvalue weighted by atomic mass is 35.5. The van der Waals surface area contributed by atoms with Crippen molar-refractivity contribution in [3.8, 4) is 0 Å². The van der Waals surface area contributed by atoms with Crippen molar-refractivity contribution in [3.63, 3.8) is 0 Å². The van der Waals surface area contributed by atoms with Crippen molar-refractivity contribution in [1.29, 1.82) is 0 Å². The molecule has 2 rings (SSSR count). The van der Waals surface area contributed by atoms with Crippen molar-refractivity contribution in [1.82, 2.24) is 0 Å². The molecule has 0 aliphatic rings. The topological polar surface area (TPSA) is 83.5 Å². The van der Waals surface area contributed by atoms with Crippen molar-refractivity contribution in [2.24, 2.45) is 0 Å². The van der Waals surface area contributed by atoms with Crippen molar-refractivity contribution in [2.75, 3.05) is 4.72 Å². The van der Waals surface area contributed by atoms with Gasteiger partial charge in [0.2, 0.25) is 0 Å². The molecule has 0 aliphatic heterocycles. The first kappa shape index (κ1) is 16.1. The number of hydrogen-bond donors (Lipinski definition) is 2. The Labute approximate surface area is 135 Å². The zero-order valence-electron chi connectivity index (χ0n) is 10.6. The molecule has 0 unspecified atom stereocenters. The highest BCUT2D eigenvalue weighted by molar-refractivity contribution is 7.93. The van der Waals surface area contributed by atoms with Crippen molar-refractivity contribution in [2.45, 2.75) is 11.8 Å². The molecule has 0 amide bonds. The fraction of sp³-hybridized carbons (Fsp3) is 0.0833. The molecular weight excluding hydrogens is 357 g/mol. The molecular formula is C12H9Cl2NO4S2. The second-order valence-corrected chi connectivity index (χ2v) is 7.52. The Balaban J connectivity index is 2.48. The number of carboxylic acid groups (broad SMARTS) is 1. The van der Waals surface area contributed by atoms with E-state index >= 15 is 0 Å². The monoisotopic (exact) mass is 365 g/mol. The maximum absolute atomic E-state index is 12.4. The summed E-state index contributed by atoms with van der Waals surface area (Å²) >= 11 is 12.5. The maximum Gasteiger partial charge on any atom is 0.347 e. The van der Waals surface area contributed by atoms with Crippen LogP contribution in [0.25, 0.3) is 0 Å². The number of anilines is 1. The SMILES string of the molecule is Cc1csc(C(=O)O)c1S(=O)(=O)Nc1cc(Cl)cc(Cl)c1. The van der Waals surface area contributed by atoms with E-state index in [1.165, 1.54) is 30.5 Å². The van der Waals surface area contributed by atoms with Crippen LogP contribution in [-0.2, 0) is 10.0 Å². The summed E-state index contributed by atoms with van der Waals surface area (Å²) in [5, 5.41) is 11.1. The zero-order chi connectivity index (χ0) is 15.8. The lowest BCUT2D eigenvalue weighted by molar-refractivity contribution is 0.0698. The van der Waals surface area contributed by atoms with Gasteiger partial charge in [0.15, 0.2) is 0 Å². The third kappa shape index (κ3) is 3.49. The minimum absolute atomic E-state index is 0.162. The van der Waals surface area contributed by atoms with E-state index in [1.54, 1.807) is 0 Å². The number of hydrogen-bond acceptors (Lipinski definition) is 4. The van der Waals surface area contributed by atoms with Crippen LogP contribution in [0.2, 0.25) is 10.0 Å². The number of carboxylic acids is 1. The van der Waals surface area contributed by atoms with Gasteiger partial charge < -0.3 is 5.11 Å². The number of carbonyl (C=O) groups is 1. The summed E-state index contributed by atoms with van der Waals surface area (Å²) in [5.74, 6) is -1.29. The van der Waals surface area contributed by atoms with Gasteiger partial charge in [-0.15, -0.1) is 11.3 Å². The average Bonchev–Trinajstić information content (AvgIpc) is 2.69. The molecule has 1 aromatic heterocycles. The quantitative estimate of drug-likeness (QED) is 0.861. The van der Waals surface area contributed by atoms with E-state index in [2.05, 4.69) is 4.72 Å². The van der Waals surface area contributed by atoms with E-state index < -0.39 is 16.0 Å². The number of aromatic carboxylic acids is 1. The van der Waals surface area contributed by atoms with Crippen LogP contribution < -0.4 is 4.72 Å². The molecule has 9 heteroatoms. The number of benzene rings is 1. The van der Waals surface area contributed by atoms with Gasteiger partial charge in [-0.3, -0.25) is 4.72 Å². The number of halogens is 2. The van der Waals surface area contributed by atoms with Crippen molar-refractivity contribution >= 4 is 56.2 Å². The van der Waals surface area contributed by atoms with Crippen LogP contribution in [0.3, 0.4) is 0 Å². The van der Waals surface area contributed by atoms with Crippen molar-refractivity contribution < 1.29 is 18.3 Å². The third-order valence-electron chi connectivity index (χ3n) is 2.50. The van der Waals surface area contributed by atoms with Crippen LogP contribution in [-0.4, -0.2) is 19.5 Å². The fourth-order valence-electron chi connectivity index (χ4n) is 1.73. The highest BCUT2D eigenvalue weighted by Gasteiger charge is 2.27. The van der Waals surface area contributed by atoms with Crippen LogP contribution >= 0.6 is 34.5 Å². The lowest BCUT2D eigenvalue weighted by Crippen LogP contribution is -2.16. The Morgan fingerprint density at radius 3 is 2.33 bits per heavy atom. The molecule has 5 nitrogen and oxygen atoms in total. The predicted molar refractivity (Wildman–Crippen MR) is 83.3 cm³/mol. The summed E-state index contributed by atoms with van der Waals surface area (Å²) in [5.41, 5.74) is 0.521. The van der Waals surface area contributed by atoms with E-state index in [-0.39, 0.29) is 25.5 Å². The second kappa shape index (κ2) is 5.84. The van der Waals surface area contributed by atoms with Crippen LogP contribution in [0.15, 0.2) is 28.5 Å². The van der Waals surface area contributed by atoms with Gasteiger partial charge in [0.05, 0.1) is 5.69 Å². The van der Waals surface area contributed by atoms with Gasteiger partial charge >= 0.3 is 5.97 Å². The number of sulfonamides is 1. The number of rotatable bonds is 4. The Hall–Kier alpha value is -1.28. The molecule has 0 fully saturated rings. The van der Waals surface area contributed by atoms with Gasteiger partial charge in [-0.1, -0.05) is 23.2 Å². The summed E-state index contributed by atoms with van der Waals surface area (Å²) in [6, 6.07) is 4.22. The maximum atomic E-state index is 12.4. The van der Waals surface area contributed by atoms with E-state index in [9.17, 15) is 13.2 Å². The molecule has 0 aliphatic carbocycles. The van der Waals surface area contributed by atoms with Crippen LogP contribution in [0.5, 0.6) is 0 Å². The van der Waals surface area contributed by atoms with E-state index in [4.69, 9.17) is 28.3 Å². The second-order valence-electron chi connectivity index (χ2n) is 4.15. The van der Waals surface area contributed by atoms with Gasteiger partial charge in [0.25, 0.3) is 10.0 Å². The highest BCUT2D eigenvalue weighted by Crippen LogP contribution is 2.30. The molecule has 0 saturated carbocycles. The van der Waals surface area contributed by atoms with E-state index in [0.717, 1.165) is 11.3 Å². The van der Waals surface area contributed by atoms with Gasteiger partial charge in [-0.05, 0) is 36.1 Å². The predicted octanol–water partition coefficient (Wildman–Crippen LogP) is 3.86. The van der Waals surface area contributed by atoms with Crippen LogP contribution in [0.4, 0.5) is 5.69 Å². The lowest BCUT2D eigenvalue weighted by atomic mass is 10.3. The third-order valence-corrected chi connectivity index (χ3v) is 5.72. The first-order valence-electron chi connectivity index (χ1n) is 5.51. The van der Waals surface area contributed by atoms with Gasteiger partial charge in [0, 0.05) is 10.0 Å². The minimum Gasteiger partial charge on any atom is -0.477 e. The first-order valence-corrected chi connectivity index (χ1v) is 8.63. The average molecular weight is 366 g/mol. The van der Waals surface area contributed by atoms with Crippen molar-refractivity contribution in [3.05, 3.63) is 44.1 Å². The fourth-order valence-corrected chi connectivity index (χ4v) is 4.93. The summed E-state index contributed by atoms with van der Waals surface area (Å²) in [4.78, 5) is 10.6. The Bertz CT molecular complexity index is 794. The first-order chi connectivity index (χ1) is 9.70. The molecule has 112 valence electrons. The van der Waals surface area contributed by atoms with Gasteiger partial charge in [-0.2, -0.15) is 0 Å². The molecule has 0 radical (unpaired) electrons. The smallest absolute Gasteiger partial charge is 0.347 e. The number of nitrogens with one attached hydrogen (secondary N) is 1. The Morgan fingerprint density at radius 2 is 1.81 bits per heavy atom. The molecule has 0 bridgehead atoms. The van der Waals surface area contributed by atoms with Gasteiger partial charge in [0.1, 0.15) is 9.77 Å². The van der Waals surface area contributed by atoms with Crippen LogP contribution in [0.1, 0.15) is 15.2 Å². The molecule has 1 aromatic carbocycles. The van der Waals surface area contributed by atoms with E-state index in [0.29, 0.717) is 5.56 Å². The number of thiophene rings is 1.